The van der Waals surface area contributed by atoms with Crippen LogP contribution in [0.1, 0.15) is 48.1 Å². The summed E-state index contributed by atoms with van der Waals surface area (Å²) in [5, 5.41) is 9.46. The molecule has 0 bridgehead atoms. The van der Waals surface area contributed by atoms with E-state index in [0.29, 0.717) is 44.7 Å². The smallest absolute Gasteiger partial charge is 0.318 e. The second-order valence-electron chi connectivity index (χ2n) is 12.1. The van der Waals surface area contributed by atoms with E-state index in [9.17, 15) is 23.2 Å². The van der Waals surface area contributed by atoms with E-state index in [4.69, 9.17) is 14.7 Å². The van der Waals surface area contributed by atoms with Crippen LogP contribution in [0.3, 0.4) is 0 Å². The Morgan fingerprint density at radius 2 is 2.02 bits per heavy atom. The van der Waals surface area contributed by atoms with Crippen molar-refractivity contribution in [1.82, 2.24) is 19.8 Å². The molecule has 1 aromatic carbocycles. The van der Waals surface area contributed by atoms with Crippen molar-refractivity contribution in [2.24, 2.45) is 0 Å². The van der Waals surface area contributed by atoms with E-state index in [0.717, 1.165) is 36.1 Å². The lowest BCUT2D eigenvalue weighted by molar-refractivity contribution is -0.131. The van der Waals surface area contributed by atoms with Crippen molar-refractivity contribution in [3.8, 4) is 12.1 Å². The zero-order chi connectivity index (χ0) is 29.6. The fourth-order valence-electron chi connectivity index (χ4n) is 7.36. The average Bonchev–Trinajstić information content (AvgIpc) is 3.48. The van der Waals surface area contributed by atoms with Crippen LogP contribution >= 0.6 is 0 Å². The molecule has 2 aliphatic carbocycles. The van der Waals surface area contributed by atoms with Gasteiger partial charge in [0.05, 0.1) is 24.2 Å². The maximum absolute atomic E-state index is 14.0. The highest BCUT2D eigenvalue weighted by molar-refractivity contribution is 5.91. The number of halogens is 3. The fraction of sp³-hybridized carbons (Fsp3) is 0.548. The number of anilines is 1. The Morgan fingerprint density at radius 3 is 2.76 bits per heavy atom. The molecule has 0 N–H and O–H groups in total. The number of aromatic nitrogens is 2. The number of fused-ring (bicyclic) bond motifs is 3. The van der Waals surface area contributed by atoms with Gasteiger partial charge in [-0.2, -0.15) is 15.2 Å². The normalized spacial score (nSPS) is 27.1. The first-order valence-electron chi connectivity index (χ1n) is 14.6. The molecule has 2 saturated heterocycles. The maximum Gasteiger partial charge on any atom is 0.318 e. The van der Waals surface area contributed by atoms with E-state index in [1.165, 1.54) is 16.5 Å². The molecule has 4 atom stereocenters. The standard InChI is InChI=1S/C31H35F3N6O2/c1-19(32)29(41)40-12-11-39(17-23(40)7-10-35)28-25-6-9-31(8-5-20-13-21(33)3-4-26(20)31)15-27(25)36-30(37-28)42-18-24-14-22(34)16-38(24)2/h3-4,13,22-24H,1,5-9,11-12,14-18H2,2H3/t22-,23+,24+,31?/m1/s1. The number of nitrogens with zero attached hydrogens (tertiary/aromatic N) is 6. The predicted octanol–water partition coefficient (Wildman–Crippen LogP) is 3.82. The van der Waals surface area contributed by atoms with Crippen molar-refractivity contribution >= 4 is 11.7 Å². The molecular formula is C31H35F3N6O2. The fourth-order valence-corrected chi connectivity index (χ4v) is 7.36. The summed E-state index contributed by atoms with van der Waals surface area (Å²) in [5.74, 6) is -1.38. The number of amides is 1. The van der Waals surface area contributed by atoms with E-state index in [2.05, 4.69) is 12.6 Å². The van der Waals surface area contributed by atoms with Crippen LogP contribution < -0.4 is 9.64 Å². The number of rotatable bonds is 6. The van der Waals surface area contributed by atoms with Gasteiger partial charge in [0.2, 0.25) is 0 Å². The van der Waals surface area contributed by atoms with Crippen molar-refractivity contribution < 1.29 is 22.7 Å². The number of piperazine rings is 1. The largest absolute Gasteiger partial charge is 0.462 e. The molecule has 0 saturated carbocycles. The first-order chi connectivity index (χ1) is 20.2. The summed E-state index contributed by atoms with van der Waals surface area (Å²) in [5.41, 5.74) is 3.93. The summed E-state index contributed by atoms with van der Waals surface area (Å²) in [4.78, 5) is 27.5. The highest BCUT2D eigenvalue weighted by Gasteiger charge is 2.44. The molecule has 2 aromatic rings. The molecule has 3 heterocycles. The van der Waals surface area contributed by atoms with Gasteiger partial charge in [0.25, 0.3) is 5.91 Å². The number of ether oxygens (including phenoxy) is 1. The topological polar surface area (TPSA) is 85.6 Å². The van der Waals surface area contributed by atoms with Gasteiger partial charge in [-0.15, -0.1) is 0 Å². The summed E-state index contributed by atoms with van der Waals surface area (Å²) in [6.45, 7) is 4.68. The van der Waals surface area contributed by atoms with Gasteiger partial charge in [-0.1, -0.05) is 12.6 Å². The van der Waals surface area contributed by atoms with Gasteiger partial charge in [-0.05, 0) is 68.8 Å². The molecular weight excluding hydrogens is 545 g/mol. The number of hydrogen-bond donors (Lipinski definition) is 0. The minimum Gasteiger partial charge on any atom is -0.462 e. The third-order valence-corrected chi connectivity index (χ3v) is 9.57. The Hall–Kier alpha value is -3.65. The summed E-state index contributed by atoms with van der Waals surface area (Å²) in [6.07, 6.45) is 3.48. The van der Waals surface area contributed by atoms with Crippen LogP contribution in [-0.4, -0.2) is 83.8 Å². The number of hydrogen-bond acceptors (Lipinski definition) is 7. The highest BCUT2D eigenvalue weighted by atomic mass is 19.1. The van der Waals surface area contributed by atoms with E-state index < -0.39 is 23.9 Å². The first kappa shape index (κ1) is 28.5. The monoisotopic (exact) mass is 580 g/mol. The summed E-state index contributed by atoms with van der Waals surface area (Å²) in [7, 11) is 1.87. The van der Waals surface area contributed by atoms with Gasteiger partial charge in [0.15, 0.2) is 5.83 Å². The molecule has 1 spiro atoms. The number of alkyl halides is 1. The van der Waals surface area contributed by atoms with E-state index in [1.54, 1.807) is 6.07 Å². The van der Waals surface area contributed by atoms with Crippen LogP contribution in [0.2, 0.25) is 0 Å². The van der Waals surface area contributed by atoms with Crippen LogP contribution in [0.4, 0.5) is 19.0 Å². The first-order valence-corrected chi connectivity index (χ1v) is 14.6. The van der Waals surface area contributed by atoms with Crippen LogP contribution in [0.25, 0.3) is 0 Å². The summed E-state index contributed by atoms with van der Waals surface area (Å²) in [6, 6.07) is 6.79. The zero-order valence-electron chi connectivity index (χ0n) is 23.8. The molecule has 2 fully saturated rings. The Morgan fingerprint density at radius 1 is 1.21 bits per heavy atom. The van der Waals surface area contributed by atoms with Gasteiger partial charge in [-0.25, -0.2) is 13.2 Å². The van der Waals surface area contributed by atoms with Gasteiger partial charge in [0.1, 0.15) is 24.4 Å². The SMILES string of the molecule is C=C(F)C(=O)N1CCN(c2nc(OC[C@@H]3C[C@@H](F)CN3C)nc3c2CCC2(CCc4cc(F)ccc42)C3)C[C@@H]1CC#N. The third kappa shape index (κ3) is 5.21. The molecule has 222 valence electrons. The minimum absolute atomic E-state index is 0.0427. The van der Waals surface area contributed by atoms with E-state index >= 15 is 0 Å². The molecule has 2 aliphatic heterocycles. The number of carbonyl (C=O) groups is 1. The Bertz CT molecular complexity index is 1450. The van der Waals surface area contributed by atoms with Crippen LogP contribution in [0, 0.1) is 17.1 Å². The Kier molecular flexibility index (Phi) is 7.60. The summed E-state index contributed by atoms with van der Waals surface area (Å²) >= 11 is 0. The van der Waals surface area contributed by atoms with E-state index in [1.807, 2.05) is 22.9 Å². The van der Waals surface area contributed by atoms with Crippen molar-refractivity contribution in [1.29, 1.82) is 5.26 Å². The van der Waals surface area contributed by atoms with Crippen molar-refractivity contribution in [3.05, 3.63) is 58.8 Å². The summed E-state index contributed by atoms with van der Waals surface area (Å²) < 4.78 is 47.9. The number of likely N-dealkylation sites (tertiary alicyclic amines) is 1. The second-order valence-corrected chi connectivity index (χ2v) is 12.1. The average molecular weight is 581 g/mol. The quantitative estimate of drug-likeness (QED) is 0.481. The van der Waals surface area contributed by atoms with Crippen LogP contribution in [0.15, 0.2) is 30.6 Å². The minimum atomic E-state index is -1.05. The van der Waals surface area contributed by atoms with Gasteiger partial charge >= 0.3 is 6.01 Å². The van der Waals surface area contributed by atoms with Gasteiger partial charge in [-0.3, -0.25) is 9.69 Å². The van der Waals surface area contributed by atoms with Crippen molar-refractivity contribution in [2.45, 2.75) is 68.6 Å². The number of carbonyl (C=O) groups excluding carboxylic acids is 1. The van der Waals surface area contributed by atoms with Gasteiger partial charge in [0, 0.05) is 43.2 Å². The lowest BCUT2D eigenvalue weighted by Crippen LogP contribution is -2.55. The van der Waals surface area contributed by atoms with Crippen LogP contribution in [-0.2, 0) is 29.5 Å². The Labute approximate surface area is 243 Å². The van der Waals surface area contributed by atoms with Gasteiger partial charge < -0.3 is 14.5 Å². The highest BCUT2D eigenvalue weighted by Crippen LogP contribution is 2.49. The maximum atomic E-state index is 14.0. The molecule has 0 radical (unpaired) electrons. The molecule has 1 amide bonds. The third-order valence-electron chi connectivity index (χ3n) is 9.57. The number of aryl methyl sites for hydroxylation is 1. The number of benzene rings is 1. The molecule has 8 nitrogen and oxygen atoms in total. The molecule has 42 heavy (non-hydrogen) atoms. The lowest BCUT2D eigenvalue weighted by Gasteiger charge is -2.42. The molecule has 11 heteroatoms. The molecule has 6 rings (SSSR count). The number of nitriles is 1. The van der Waals surface area contributed by atoms with E-state index in [-0.39, 0.29) is 42.9 Å². The van der Waals surface area contributed by atoms with Crippen LogP contribution in [0.5, 0.6) is 6.01 Å². The molecule has 1 unspecified atom stereocenters. The second kappa shape index (κ2) is 11.2. The predicted molar refractivity (Wildman–Crippen MR) is 150 cm³/mol. The Balaban J connectivity index is 1.33. The molecule has 1 aromatic heterocycles. The molecule has 4 aliphatic rings. The van der Waals surface area contributed by atoms with Crippen molar-refractivity contribution in [2.75, 3.05) is 44.7 Å². The number of likely N-dealkylation sites (N-methyl/N-ethyl adjacent to an activating group) is 1. The van der Waals surface area contributed by atoms with Crippen molar-refractivity contribution in [3.63, 3.8) is 0 Å². The lowest BCUT2D eigenvalue weighted by atomic mass is 9.69. The zero-order valence-corrected chi connectivity index (χ0v) is 23.8.